The van der Waals surface area contributed by atoms with Crippen LogP contribution in [0.25, 0.3) is 0 Å². The van der Waals surface area contributed by atoms with E-state index in [1.165, 1.54) is 0 Å². The maximum atomic E-state index is 5.95. The van der Waals surface area contributed by atoms with Gasteiger partial charge in [-0.3, -0.25) is 4.99 Å². The molecule has 0 heterocycles. The molecule has 2 N–H and O–H groups in total. The smallest absolute Gasteiger partial charge is 0.191 e. The quantitative estimate of drug-likeness (QED) is 0.415. The fraction of sp³-hybridized carbons (Fsp3) is 0.533. The first kappa shape index (κ1) is 20.3. The van der Waals surface area contributed by atoms with Gasteiger partial charge in [0.2, 0.25) is 0 Å². The molecule has 0 saturated carbocycles. The van der Waals surface area contributed by atoms with Crippen molar-refractivity contribution >= 4 is 41.5 Å². The van der Waals surface area contributed by atoms with Crippen LogP contribution in [0.2, 0.25) is 5.02 Å². The van der Waals surface area contributed by atoms with E-state index in [0.29, 0.717) is 17.5 Å². The lowest BCUT2D eigenvalue weighted by atomic mass is 10.1. The average molecular weight is 426 g/mol. The predicted octanol–water partition coefficient (Wildman–Crippen LogP) is 3.68. The molecule has 0 amide bonds. The lowest BCUT2D eigenvalue weighted by Gasteiger charge is -2.14. The van der Waals surface area contributed by atoms with E-state index in [0.717, 1.165) is 30.2 Å². The molecule has 6 heteroatoms. The van der Waals surface area contributed by atoms with Crippen LogP contribution in [0.5, 0.6) is 5.75 Å². The largest absolute Gasteiger partial charge is 0.496 e. The van der Waals surface area contributed by atoms with E-state index in [9.17, 15) is 0 Å². The van der Waals surface area contributed by atoms with Crippen LogP contribution in [0.4, 0.5) is 0 Å². The molecule has 0 atom stereocenters. The molecule has 1 aromatic rings. The Hall–Kier alpha value is -0.690. The molecule has 1 rings (SSSR count). The van der Waals surface area contributed by atoms with E-state index < -0.39 is 0 Å². The van der Waals surface area contributed by atoms with Crippen LogP contribution in [-0.4, -0.2) is 26.7 Å². The molecule has 0 saturated heterocycles. The number of hydrogen-bond donors (Lipinski definition) is 2. The highest BCUT2D eigenvalue weighted by molar-refractivity contribution is 14.0. The minimum Gasteiger partial charge on any atom is -0.496 e. The molecule has 0 fully saturated rings. The van der Waals surface area contributed by atoms with Crippen LogP contribution in [0.3, 0.4) is 0 Å². The second-order valence-electron chi connectivity index (χ2n) is 4.99. The third-order valence-electron chi connectivity index (χ3n) is 2.93. The number of methoxy groups -OCH3 is 1. The van der Waals surface area contributed by atoms with E-state index in [1.807, 2.05) is 18.2 Å². The van der Waals surface area contributed by atoms with Gasteiger partial charge in [0.25, 0.3) is 0 Å². The number of benzene rings is 1. The van der Waals surface area contributed by atoms with Crippen LogP contribution in [0, 0.1) is 5.92 Å². The molecule has 0 aromatic heterocycles. The zero-order valence-electron chi connectivity index (χ0n) is 13.1. The van der Waals surface area contributed by atoms with Crippen molar-refractivity contribution in [3.8, 4) is 5.75 Å². The Morgan fingerprint density at radius 1 is 1.33 bits per heavy atom. The highest BCUT2D eigenvalue weighted by Crippen LogP contribution is 2.22. The summed E-state index contributed by atoms with van der Waals surface area (Å²) < 4.78 is 5.32. The van der Waals surface area contributed by atoms with Crippen molar-refractivity contribution in [3.63, 3.8) is 0 Å². The van der Waals surface area contributed by atoms with Crippen molar-refractivity contribution in [2.24, 2.45) is 10.9 Å². The number of hydrogen-bond acceptors (Lipinski definition) is 2. The van der Waals surface area contributed by atoms with Crippen molar-refractivity contribution in [2.75, 3.05) is 20.7 Å². The molecule has 1 aromatic carbocycles. The molecule has 0 radical (unpaired) electrons. The van der Waals surface area contributed by atoms with Gasteiger partial charge >= 0.3 is 0 Å². The number of ether oxygens (including phenoxy) is 1. The molecule has 0 aliphatic rings. The van der Waals surface area contributed by atoms with Crippen LogP contribution in [0.15, 0.2) is 23.2 Å². The van der Waals surface area contributed by atoms with Gasteiger partial charge < -0.3 is 15.4 Å². The van der Waals surface area contributed by atoms with Gasteiger partial charge in [0.05, 0.1) is 7.11 Å². The molecule has 4 nitrogen and oxygen atoms in total. The highest BCUT2D eigenvalue weighted by atomic mass is 127. The van der Waals surface area contributed by atoms with Gasteiger partial charge in [0.15, 0.2) is 5.96 Å². The number of guanidine groups is 1. The minimum absolute atomic E-state index is 0. The van der Waals surface area contributed by atoms with E-state index in [4.69, 9.17) is 16.3 Å². The Balaban J connectivity index is 0.00000400. The molecule has 0 bridgehead atoms. The van der Waals surface area contributed by atoms with Crippen molar-refractivity contribution in [1.29, 1.82) is 0 Å². The van der Waals surface area contributed by atoms with Gasteiger partial charge in [-0.15, -0.1) is 24.0 Å². The zero-order valence-corrected chi connectivity index (χ0v) is 16.2. The molecular weight excluding hydrogens is 401 g/mol. The standard InChI is InChI=1S/C15H24ClN3O.HI/c1-11(2)7-8-18-15(17-3)19-10-12-5-6-13(16)9-14(12)20-4;/h5-6,9,11H,7-8,10H2,1-4H3,(H2,17,18,19);1H. The first-order chi connectivity index (χ1) is 9.56. The second kappa shape index (κ2) is 11.0. The van der Waals surface area contributed by atoms with E-state index in [-0.39, 0.29) is 24.0 Å². The Kier molecular flexibility index (Phi) is 10.6. The van der Waals surface area contributed by atoms with Gasteiger partial charge in [-0.2, -0.15) is 0 Å². The lowest BCUT2D eigenvalue weighted by Crippen LogP contribution is -2.37. The van der Waals surface area contributed by atoms with Crippen molar-refractivity contribution in [3.05, 3.63) is 28.8 Å². The molecule has 120 valence electrons. The molecule has 0 aliphatic carbocycles. The van der Waals surface area contributed by atoms with Crippen LogP contribution >= 0.6 is 35.6 Å². The molecule has 0 aliphatic heterocycles. The Morgan fingerprint density at radius 3 is 2.62 bits per heavy atom. The summed E-state index contributed by atoms with van der Waals surface area (Å²) in [6.45, 7) is 5.96. The summed E-state index contributed by atoms with van der Waals surface area (Å²) >= 11 is 5.95. The van der Waals surface area contributed by atoms with E-state index in [2.05, 4.69) is 29.5 Å². The summed E-state index contributed by atoms with van der Waals surface area (Å²) in [4.78, 5) is 4.20. The first-order valence-electron chi connectivity index (χ1n) is 6.83. The lowest BCUT2D eigenvalue weighted by molar-refractivity contribution is 0.409. The molecular formula is C15H25ClIN3O. The number of nitrogens with zero attached hydrogens (tertiary/aromatic N) is 1. The second-order valence-corrected chi connectivity index (χ2v) is 5.43. The predicted molar refractivity (Wildman–Crippen MR) is 101 cm³/mol. The molecule has 0 unspecified atom stereocenters. The summed E-state index contributed by atoms with van der Waals surface area (Å²) in [5, 5.41) is 7.23. The third kappa shape index (κ3) is 7.76. The Morgan fingerprint density at radius 2 is 2.05 bits per heavy atom. The summed E-state index contributed by atoms with van der Waals surface area (Å²) in [5.41, 5.74) is 1.05. The SMILES string of the molecule is CN=C(NCCC(C)C)NCc1ccc(Cl)cc1OC.I. The highest BCUT2D eigenvalue weighted by Gasteiger charge is 2.05. The number of aliphatic imine (C=N–C) groups is 1. The summed E-state index contributed by atoms with van der Waals surface area (Å²) in [6.07, 6.45) is 1.12. The van der Waals surface area contributed by atoms with Crippen LogP contribution < -0.4 is 15.4 Å². The number of halogens is 2. The maximum Gasteiger partial charge on any atom is 0.191 e. The maximum absolute atomic E-state index is 5.95. The zero-order chi connectivity index (χ0) is 15.0. The minimum atomic E-state index is 0. The van der Waals surface area contributed by atoms with Crippen molar-refractivity contribution < 1.29 is 4.74 Å². The number of nitrogens with one attached hydrogen (secondary N) is 2. The monoisotopic (exact) mass is 425 g/mol. The van der Waals surface area contributed by atoms with E-state index >= 15 is 0 Å². The van der Waals surface area contributed by atoms with Gasteiger partial charge in [0, 0.05) is 30.7 Å². The number of rotatable bonds is 6. The van der Waals surface area contributed by atoms with E-state index in [1.54, 1.807) is 14.2 Å². The topological polar surface area (TPSA) is 45.7 Å². The van der Waals surface area contributed by atoms with Crippen LogP contribution in [0.1, 0.15) is 25.8 Å². The van der Waals surface area contributed by atoms with Gasteiger partial charge in [-0.25, -0.2) is 0 Å². The molecule has 0 spiro atoms. The van der Waals surface area contributed by atoms with Crippen molar-refractivity contribution in [1.82, 2.24) is 10.6 Å². The summed E-state index contributed by atoms with van der Waals surface area (Å²) in [7, 11) is 3.41. The third-order valence-corrected chi connectivity index (χ3v) is 3.17. The van der Waals surface area contributed by atoms with Gasteiger partial charge in [-0.1, -0.05) is 31.5 Å². The summed E-state index contributed by atoms with van der Waals surface area (Å²) in [5.74, 6) is 2.25. The molecule has 21 heavy (non-hydrogen) atoms. The van der Waals surface area contributed by atoms with Gasteiger partial charge in [0.1, 0.15) is 5.75 Å². The van der Waals surface area contributed by atoms with Gasteiger partial charge in [-0.05, 0) is 24.5 Å². The van der Waals surface area contributed by atoms with Crippen LogP contribution in [-0.2, 0) is 6.54 Å². The Labute approximate surface area is 149 Å². The Bertz CT molecular complexity index is 453. The summed E-state index contributed by atoms with van der Waals surface area (Å²) in [6, 6.07) is 5.62. The average Bonchev–Trinajstić information content (AvgIpc) is 2.43. The first-order valence-corrected chi connectivity index (χ1v) is 7.21. The normalized spacial score (nSPS) is 11.0. The fourth-order valence-electron chi connectivity index (χ4n) is 1.74. The fourth-order valence-corrected chi connectivity index (χ4v) is 1.91. The van der Waals surface area contributed by atoms with Crippen molar-refractivity contribution in [2.45, 2.75) is 26.8 Å².